The van der Waals surface area contributed by atoms with Crippen LogP contribution in [0.2, 0.25) is 0 Å². The number of hydrogen-bond donors (Lipinski definition) is 1. The van der Waals surface area contributed by atoms with Gasteiger partial charge in [-0.2, -0.15) is 0 Å². The smallest absolute Gasteiger partial charge is 0.257 e. The molecule has 134 valence electrons. The van der Waals surface area contributed by atoms with Crippen LogP contribution in [0.1, 0.15) is 10.4 Å². The Bertz CT molecular complexity index is 1100. The lowest BCUT2D eigenvalue weighted by Crippen LogP contribution is -2.11. The molecule has 0 fully saturated rings. The predicted octanol–water partition coefficient (Wildman–Crippen LogP) is 4.74. The van der Waals surface area contributed by atoms with Crippen LogP contribution in [0.4, 0.5) is 5.13 Å². The molecule has 0 unspecified atom stereocenters. The van der Waals surface area contributed by atoms with Gasteiger partial charge < -0.3 is 9.47 Å². The van der Waals surface area contributed by atoms with Gasteiger partial charge in [-0.3, -0.25) is 10.1 Å². The van der Waals surface area contributed by atoms with Crippen molar-refractivity contribution in [3.05, 3.63) is 72.4 Å². The number of amides is 1. The van der Waals surface area contributed by atoms with Crippen LogP contribution in [0.25, 0.3) is 10.2 Å². The van der Waals surface area contributed by atoms with Gasteiger partial charge in [0.25, 0.3) is 5.91 Å². The van der Waals surface area contributed by atoms with Crippen LogP contribution in [0, 0.1) is 0 Å². The number of pyridine rings is 1. The number of carbonyl (C=O) groups excluding carboxylic acids is 1. The largest absolute Gasteiger partial charge is 0.497 e. The first-order valence-corrected chi connectivity index (χ1v) is 8.98. The molecule has 0 aliphatic rings. The van der Waals surface area contributed by atoms with Gasteiger partial charge >= 0.3 is 0 Å². The SMILES string of the molecule is COc1ccc2nc(NC(=O)c3cccc(Oc4ccccn4)c3)sc2c1. The third-order valence-electron chi connectivity index (χ3n) is 3.77. The van der Waals surface area contributed by atoms with E-state index in [2.05, 4.69) is 15.3 Å². The molecule has 0 radical (unpaired) electrons. The van der Waals surface area contributed by atoms with E-state index in [0.29, 0.717) is 22.3 Å². The molecule has 4 rings (SSSR count). The maximum atomic E-state index is 12.6. The van der Waals surface area contributed by atoms with Gasteiger partial charge in [0.1, 0.15) is 11.5 Å². The van der Waals surface area contributed by atoms with Crippen molar-refractivity contribution in [1.82, 2.24) is 9.97 Å². The highest BCUT2D eigenvalue weighted by Crippen LogP contribution is 2.29. The molecule has 0 saturated carbocycles. The Morgan fingerprint density at radius 2 is 1.96 bits per heavy atom. The van der Waals surface area contributed by atoms with Gasteiger partial charge in [0.05, 0.1) is 17.3 Å². The van der Waals surface area contributed by atoms with Crippen molar-refractivity contribution >= 4 is 32.6 Å². The maximum Gasteiger partial charge on any atom is 0.257 e. The highest BCUT2D eigenvalue weighted by atomic mass is 32.1. The molecule has 1 N–H and O–H groups in total. The number of fused-ring (bicyclic) bond motifs is 1. The number of nitrogens with one attached hydrogen (secondary N) is 1. The van der Waals surface area contributed by atoms with E-state index in [-0.39, 0.29) is 5.91 Å². The fourth-order valence-corrected chi connectivity index (χ4v) is 3.37. The first-order valence-electron chi connectivity index (χ1n) is 8.16. The van der Waals surface area contributed by atoms with Crippen LogP contribution in [0.15, 0.2) is 66.9 Å². The fourth-order valence-electron chi connectivity index (χ4n) is 2.48. The van der Waals surface area contributed by atoms with Crippen LogP contribution < -0.4 is 14.8 Å². The second kappa shape index (κ2) is 7.43. The van der Waals surface area contributed by atoms with Crippen molar-refractivity contribution in [1.29, 1.82) is 0 Å². The lowest BCUT2D eigenvalue weighted by molar-refractivity contribution is 0.102. The summed E-state index contributed by atoms with van der Waals surface area (Å²) in [7, 11) is 1.62. The molecule has 27 heavy (non-hydrogen) atoms. The van der Waals surface area contributed by atoms with Gasteiger partial charge in [-0.25, -0.2) is 9.97 Å². The lowest BCUT2D eigenvalue weighted by Gasteiger charge is -2.06. The van der Waals surface area contributed by atoms with Crippen LogP contribution in [-0.4, -0.2) is 23.0 Å². The number of rotatable bonds is 5. The topological polar surface area (TPSA) is 73.3 Å². The summed E-state index contributed by atoms with van der Waals surface area (Å²) in [5.74, 6) is 1.50. The summed E-state index contributed by atoms with van der Waals surface area (Å²) >= 11 is 1.39. The molecule has 2 heterocycles. The van der Waals surface area contributed by atoms with Gasteiger partial charge in [-0.15, -0.1) is 0 Å². The van der Waals surface area contributed by atoms with E-state index in [1.165, 1.54) is 11.3 Å². The molecule has 0 bridgehead atoms. The number of thiazole rings is 1. The van der Waals surface area contributed by atoms with Crippen molar-refractivity contribution in [2.75, 3.05) is 12.4 Å². The van der Waals surface area contributed by atoms with Gasteiger partial charge in [0.15, 0.2) is 5.13 Å². The van der Waals surface area contributed by atoms with E-state index in [1.54, 1.807) is 43.6 Å². The molecule has 2 aromatic heterocycles. The number of carbonyl (C=O) groups is 1. The first kappa shape index (κ1) is 17.0. The van der Waals surface area contributed by atoms with E-state index in [4.69, 9.17) is 9.47 Å². The average Bonchev–Trinajstić information content (AvgIpc) is 3.10. The Kier molecular flexibility index (Phi) is 4.67. The number of anilines is 1. The van der Waals surface area contributed by atoms with E-state index in [0.717, 1.165) is 16.0 Å². The Morgan fingerprint density at radius 3 is 2.78 bits per heavy atom. The molecule has 0 aliphatic heterocycles. The Hall–Kier alpha value is -3.45. The molecule has 1 amide bonds. The van der Waals surface area contributed by atoms with Crippen LogP contribution in [-0.2, 0) is 0 Å². The van der Waals surface area contributed by atoms with Crippen LogP contribution in [0.5, 0.6) is 17.4 Å². The van der Waals surface area contributed by atoms with Crippen molar-refractivity contribution in [3.63, 3.8) is 0 Å². The van der Waals surface area contributed by atoms with Gasteiger partial charge in [0.2, 0.25) is 5.88 Å². The molecule has 0 spiro atoms. The number of ether oxygens (including phenoxy) is 2. The molecular formula is C20H15N3O3S. The second-order valence-electron chi connectivity index (χ2n) is 5.60. The van der Waals surface area contributed by atoms with Crippen molar-refractivity contribution in [2.24, 2.45) is 0 Å². The molecule has 7 heteroatoms. The fraction of sp³-hybridized carbons (Fsp3) is 0.0500. The molecular weight excluding hydrogens is 362 g/mol. The lowest BCUT2D eigenvalue weighted by atomic mass is 10.2. The minimum absolute atomic E-state index is 0.257. The molecule has 4 aromatic rings. The number of nitrogens with zero attached hydrogens (tertiary/aromatic N) is 2. The highest BCUT2D eigenvalue weighted by molar-refractivity contribution is 7.22. The number of aromatic nitrogens is 2. The van der Waals surface area contributed by atoms with Gasteiger partial charge in [-0.05, 0) is 42.5 Å². The molecule has 0 atom stereocenters. The van der Waals surface area contributed by atoms with E-state index < -0.39 is 0 Å². The molecule has 2 aromatic carbocycles. The molecule has 6 nitrogen and oxygen atoms in total. The number of hydrogen-bond acceptors (Lipinski definition) is 6. The van der Waals surface area contributed by atoms with Crippen LogP contribution >= 0.6 is 11.3 Å². The Labute approximate surface area is 159 Å². The van der Waals surface area contributed by atoms with Crippen LogP contribution in [0.3, 0.4) is 0 Å². The summed E-state index contributed by atoms with van der Waals surface area (Å²) in [4.78, 5) is 21.1. The monoisotopic (exact) mass is 377 g/mol. The third kappa shape index (κ3) is 3.88. The summed E-state index contributed by atoms with van der Waals surface area (Å²) in [5, 5.41) is 3.36. The average molecular weight is 377 g/mol. The quantitative estimate of drug-likeness (QED) is 0.544. The summed E-state index contributed by atoms with van der Waals surface area (Å²) in [5.41, 5.74) is 1.28. The minimum atomic E-state index is -0.257. The number of methoxy groups -OCH3 is 1. The zero-order chi connectivity index (χ0) is 18.6. The summed E-state index contributed by atoms with van der Waals surface area (Å²) in [6.07, 6.45) is 1.65. The highest BCUT2D eigenvalue weighted by Gasteiger charge is 2.12. The van der Waals surface area contributed by atoms with Gasteiger partial charge in [0, 0.05) is 17.8 Å². The first-order chi connectivity index (χ1) is 13.2. The van der Waals surface area contributed by atoms with Crippen molar-refractivity contribution in [3.8, 4) is 17.4 Å². The number of benzene rings is 2. The second-order valence-corrected chi connectivity index (χ2v) is 6.64. The Balaban J connectivity index is 1.52. The van der Waals surface area contributed by atoms with Crippen molar-refractivity contribution < 1.29 is 14.3 Å². The molecule has 0 aliphatic carbocycles. The summed E-state index contributed by atoms with van der Waals surface area (Å²) < 4.78 is 11.8. The van der Waals surface area contributed by atoms with E-state index in [9.17, 15) is 4.79 Å². The minimum Gasteiger partial charge on any atom is -0.497 e. The summed E-state index contributed by atoms with van der Waals surface area (Å²) in [6.45, 7) is 0. The zero-order valence-corrected chi connectivity index (χ0v) is 15.2. The van der Waals surface area contributed by atoms with Gasteiger partial charge in [-0.1, -0.05) is 23.5 Å². The van der Waals surface area contributed by atoms with E-state index >= 15 is 0 Å². The maximum absolute atomic E-state index is 12.6. The summed E-state index contributed by atoms with van der Waals surface area (Å²) in [6, 6.07) is 17.9. The third-order valence-corrected chi connectivity index (χ3v) is 4.71. The Morgan fingerprint density at radius 1 is 1.04 bits per heavy atom. The normalized spacial score (nSPS) is 10.6. The standard InChI is InChI=1S/C20H15N3O3S/c1-25-14-8-9-16-17(12-14)27-20(22-16)23-19(24)13-5-4-6-15(11-13)26-18-7-2-3-10-21-18/h2-12H,1H3,(H,22,23,24). The zero-order valence-electron chi connectivity index (χ0n) is 14.4. The molecule has 0 saturated heterocycles. The van der Waals surface area contributed by atoms with Crippen molar-refractivity contribution in [2.45, 2.75) is 0 Å². The van der Waals surface area contributed by atoms with E-state index in [1.807, 2.05) is 30.3 Å². The predicted molar refractivity (Wildman–Crippen MR) is 105 cm³/mol.